The minimum atomic E-state index is -1.41. The lowest BCUT2D eigenvalue weighted by Gasteiger charge is -2.33. The lowest BCUT2D eigenvalue weighted by atomic mass is 10.1. The Labute approximate surface area is 122 Å². The molecule has 2 atom stereocenters. The van der Waals surface area contributed by atoms with Gasteiger partial charge in [-0.1, -0.05) is 0 Å². The molecule has 0 aromatic heterocycles. The van der Waals surface area contributed by atoms with Gasteiger partial charge in [0.1, 0.15) is 17.4 Å². The molecule has 8 heteroatoms. The molecule has 0 saturated carbocycles. The van der Waals surface area contributed by atoms with Gasteiger partial charge in [0.25, 0.3) is 0 Å². The van der Waals surface area contributed by atoms with E-state index in [1.807, 2.05) is 0 Å². The number of ether oxygens (including phenoxy) is 2. The molecule has 120 valence electrons. The number of carboxylic acids is 2. The maximum absolute atomic E-state index is 12.2. The molecule has 2 N–H and O–H groups in total. The number of nitrogens with zero attached hydrogens (tertiary/aromatic N) is 1. The van der Waals surface area contributed by atoms with Crippen molar-refractivity contribution in [3.63, 3.8) is 0 Å². The first kappa shape index (κ1) is 17.2. The summed E-state index contributed by atoms with van der Waals surface area (Å²) in [5, 5.41) is 18.2. The summed E-state index contributed by atoms with van der Waals surface area (Å²) in [4.78, 5) is 35.4. The van der Waals surface area contributed by atoms with Gasteiger partial charge in [0, 0.05) is 0 Å². The Morgan fingerprint density at radius 3 is 2.14 bits per heavy atom. The van der Waals surface area contributed by atoms with Crippen LogP contribution in [0.1, 0.15) is 41.0 Å². The van der Waals surface area contributed by atoms with Crippen LogP contribution in [0.25, 0.3) is 0 Å². The largest absolute Gasteiger partial charge is 0.481 e. The fourth-order valence-electron chi connectivity index (χ4n) is 2.23. The SMILES string of the molecule is CC(C)(C)OC(=O)N1[C@H](C(=O)O)[C@@H](CC(=O)O)OC1(C)C. The van der Waals surface area contributed by atoms with Crippen molar-refractivity contribution in [2.45, 2.75) is 64.5 Å². The molecule has 0 bridgehead atoms. The fourth-order valence-corrected chi connectivity index (χ4v) is 2.23. The molecule has 0 unspecified atom stereocenters. The minimum absolute atomic E-state index is 0.514. The molecule has 21 heavy (non-hydrogen) atoms. The predicted octanol–water partition coefficient (Wildman–Crippen LogP) is 1.29. The van der Waals surface area contributed by atoms with Crippen molar-refractivity contribution in [1.29, 1.82) is 0 Å². The van der Waals surface area contributed by atoms with Gasteiger partial charge in [0.2, 0.25) is 0 Å². The highest BCUT2D eigenvalue weighted by Gasteiger charge is 2.55. The first-order valence-corrected chi connectivity index (χ1v) is 6.50. The molecular formula is C13H21NO7. The zero-order valence-electron chi connectivity index (χ0n) is 12.7. The van der Waals surface area contributed by atoms with Gasteiger partial charge in [-0.05, 0) is 34.6 Å². The molecule has 1 heterocycles. The first-order chi connectivity index (χ1) is 9.35. The molecule has 0 radical (unpaired) electrons. The quantitative estimate of drug-likeness (QED) is 0.807. The van der Waals surface area contributed by atoms with Gasteiger partial charge in [-0.25, -0.2) is 9.59 Å². The average molecular weight is 303 g/mol. The van der Waals surface area contributed by atoms with Crippen LogP contribution in [0.4, 0.5) is 4.79 Å². The molecule has 0 aromatic rings. The number of rotatable bonds is 3. The van der Waals surface area contributed by atoms with Crippen LogP contribution in [0.15, 0.2) is 0 Å². The van der Waals surface area contributed by atoms with Crippen LogP contribution in [0.3, 0.4) is 0 Å². The normalized spacial score (nSPS) is 24.7. The number of aliphatic carboxylic acids is 2. The standard InChI is InChI=1S/C13H21NO7/c1-12(2,3)21-11(19)14-9(10(17)18)7(6-8(15)16)20-13(14,4)5/h7,9H,6H2,1-5H3,(H,15,16)(H,17,18)/t7-,9+/m1/s1. The number of hydrogen-bond donors (Lipinski definition) is 2. The summed E-state index contributed by atoms with van der Waals surface area (Å²) in [5.41, 5.74) is -2.08. The zero-order chi connectivity index (χ0) is 16.6. The van der Waals surface area contributed by atoms with Crippen LogP contribution >= 0.6 is 0 Å². The maximum atomic E-state index is 12.2. The van der Waals surface area contributed by atoms with Crippen LogP contribution < -0.4 is 0 Å². The highest BCUT2D eigenvalue weighted by Crippen LogP contribution is 2.35. The summed E-state index contributed by atoms with van der Waals surface area (Å²) < 4.78 is 10.6. The van der Waals surface area contributed by atoms with E-state index < -0.39 is 47.9 Å². The van der Waals surface area contributed by atoms with E-state index in [2.05, 4.69) is 0 Å². The van der Waals surface area contributed by atoms with Crippen molar-refractivity contribution >= 4 is 18.0 Å². The molecule has 0 aromatic carbocycles. The van der Waals surface area contributed by atoms with Crippen molar-refractivity contribution in [2.24, 2.45) is 0 Å². The van der Waals surface area contributed by atoms with Crippen LogP contribution in [-0.4, -0.2) is 56.6 Å². The Morgan fingerprint density at radius 1 is 1.24 bits per heavy atom. The topological polar surface area (TPSA) is 113 Å². The van der Waals surface area contributed by atoms with Gasteiger partial charge >= 0.3 is 18.0 Å². The molecule has 0 spiro atoms. The van der Waals surface area contributed by atoms with Crippen LogP contribution in [0.2, 0.25) is 0 Å². The summed E-state index contributed by atoms with van der Waals surface area (Å²) in [6, 6.07) is -1.41. The molecule has 1 saturated heterocycles. The van der Waals surface area contributed by atoms with Gasteiger partial charge in [-0.15, -0.1) is 0 Å². The lowest BCUT2D eigenvalue weighted by molar-refractivity contribution is -0.144. The Hall–Kier alpha value is -1.83. The first-order valence-electron chi connectivity index (χ1n) is 6.50. The summed E-state index contributed by atoms with van der Waals surface area (Å²) in [6.45, 7) is 7.95. The summed E-state index contributed by atoms with van der Waals surface area (Å²) in [6.07, 6.45) is -2.50. The maximum Gasteiger partial charge on any atom is 0.413 e. The Morgan fingerprint density at radius 2 is 1.76 bits per heavy atom. The highest BCUT2D eigenvalue weighted by molar-refractivity contribution is 5.83. The van der Waals surface area contributed by atoms with Crippen molar-refractivity contribution < 1.29 is 34.1 Å². The third-order valence-electron chi connectivity index (χ3n) is 2.87. The Bertz CT molecular complexity index is 452. The zero-order valence-corrected chi connectivity index (χ0v) is 12.7. The number of carbonyl (C=O) groups is 3. The van der Waals surface area contributed by atoms with Crippen LogP contribution in [-0.2, 0) is 19.1 Å². The smallest absolute Gasteiger partial charge is 0.413 e. The monoisotopic (exact) mass is 303 g/mol. The van der Waals surface area contributed by atoms with Crippen molar-refractivity contribution in [3.05, 3.63) is 0 Å². The van der Waals surface area contributed by atoms with Gasteiger partial charge in [0.05, 0.1) is 6.42 Å². The van der Waals surface area contributed by atoms with E-state index in [1.165, 1.54) is 13.8 Å². The third-order valence-corrected chi connectivity index (χ3v) is 2.87. The van der Waals surface area contributed by atoms with E-state index in [1.54, 1.807) is 20.8 Å². The van der Waals surface area contributed by atoms with E-state index in [0.717, 1.165) is 4.90 Å². The van der Waals surface area contributed by atoms with Gasteiger partial charge in [-0.3, -0.25) is 9.69 Å². The highest BCUT2D eigenvalue weighted by atomic mass is 16.6. The minimum Gasteiger partial charge on any atom is -0.481 e. The van der Waals surface area contributed by atoms with Crippen molar-refractivity contribution in [3.8, 4) is 0 Å². The second-order valence-corrected chi connectivity index (χ2v) is 6.33. The van der Waals surface area contributed by atoms with E-state index in [-0.39, 0.29) is 0 Å². The molecule has 1 rings (SSSR count). The lowest BCUT2D eigenvalue weighted by Crippen LogP contribution is -2.53. The Balaban J connectivity index is 3.10. The molecule has 8 nitrogen and oxygen atoms in total. The van der Waals surface area contributed by atoms with E-state index in [0.29, 0.717) is 0 Å². The molecule has 1 aliphatic rings. The average Bonchev–Trinajstić information content (AvgIpc) is 2.45. The molecule has 1 aliphatic heterocycles. The fraction of sp³-hybridized carbons (Fsp3) is 0.769. The summed E-state index contributed by atoms with van der Waals surface area (Å²) in [7, 11) is 0. The second kappa shape index (κ2) is 5.51. The van der Waals surface area contributed by atoms with Crippen molar-refractivity contribution in [1.82, 2.24) is 4.90 Å². The van der Waals surface area contributed by atoms with Gasteiger partial charge in [0.15, 0.2) is 6.04 Å². The number of amides is 1. The molecule has 0 aliphatic carbocycles. The van der Waals surface area contributed by atoms with E-state index >= 15 is 0 Å². The second-order valence-electron chi connectivity index (χ2n) is 6.33. The summed E-state index contributed by atoms with van der Waals surface area (Å²) >= 11 is 0. The predicted molar refractivity (Wildman–Crippen MR) is 70.7 cm³/mol. The van der Waals surface area contributed by atoms with Crippen LogP contribution in [0.5, 0.6) is 0 Å². The number of carboxylic acid groups (broad SMARTS) is 2. The number of hydrogen-bond acceptors (Lipinski definition) is 5. The van der Waals surface area contributed by atoms with Gasteiger partial charge in [-0.2, -0.15) is 0 Å². The molecular weight excluding hydrogens is 282 g/mol. The van der Waals surface area contributed by atoms with Crippen molar-refractivity contribution in [2.75, 3.05) is 0 Å². The Kier molecular flexibility index (Phi) is 4.52. The molecule has 1 fully saturated rings. The molecule has 1 amide bonds. The van der Waals surface area contributed by atoms with E-state index in [4.69, 9.17) is 14.6 Å². The number of carbonyl (C=O) groups excluding carboxylic acids is 1. The third kappa shape index (κ3) is 4.07. The summed E-state index contributed by atoms with van der Waals surface area (Å²) in [5.74, 6) is -2.54. The van der Waals surface area contributed by atoms with Crippen LogP contribution in [0, 0.1) is 0 Å². The van der Waals surface area contributed by atoms with Gasteiger partial charge < -0.3 is 19.7 Å². The van der Waals surface area contributed by atoms with E-state index in [9.17, 15) is 19.5 Å².